The summed E-state index contributed by atoms with van der Waals surface area (Å²) in [7, 11) is -1.84. The summed E-state index contributed by atoms with van der Waals surface area (Å²) in [6.07, 6.45) is 0.681. The number of rotatable bonds is 5. The van der Waals surface area contributed by atoms with Crippen molar-refractivity contribution in [2.24, 2.45) is 5.41 Å². The molecule has 0 heterocycles. The number of benzene rings is 1. The van der Waals surface area contributed by atoms with Crippen LogP contribution >= 0.6 is 11.6 Å². The van der Waals surface area contributed by atoms with Crippen LogP contribution in [0.3, 0.4) is 0 Å². The maximum absolute atomic E-state index is 12.7. The van der Waals surface area contributed by atoms with Crippen molar-refractivity contribution in [3.8, 4) is 0 Å². The summed E-state index contributed by atoms with van der Waals surface area (Å²) in [5, 5.41) is 0. The Morgan fingerprint density at radius 2 is 1.85 bits per heavy atom. The molecule has 20 heavy (non-hydrogen) atoms. The predicted octanol–water partition coefficient (Wildman–Crippen LogP) is 3.65. The van der Waals surface area contributed by atoms with E-state index >= 15 is 0 Å². The maximum Gasteiger partial charge on any atom is 0.243 e. The van der Waals surface area contributed by atoms with E-state index in [0.717, 1.165) is 11.1 Å². The van der Waals surface area contributed by atoms with Gasteiger partial charge in [0.2, 0.25) is 10.0 Å². The highest BCUT2D eigenvalue weighted by atomic mass is 35.5. The molecule has 0 aromatic heterocycles. The molecule has 0 aliphatic rings. The SMILES string of the molecule is CCc1ccc(CCl)cc1S(=O)(=O)N(C)CC(C)(C)C. The first kappa shape index (κ1) is 17.5. The zero-order valence-corrected chi connectivity index (χ0v) is 14.5. The average molecular weight is 318 g/mol. The van der Waals surface area contributed by atoms with E-state index in [0.29, 0.717) is 23.7 Å². The third-order valence-electron chi connectivity index (χ3n) is 3.05. The van der Waals surface area contributed by atoms with Crippen LogP contribution in [-0.2, 0) is 22.3 Å². The standard InChI is InChI=1S/C15H24ClNO2S/c1-6-13-8-7-12(10-16)9-14(13)20(18,19)17(5)11-15(2,3)4/h7-9H,6,10-11H2,1-5H3. The summed E-state index contributed by atoms with van der Waals surface area (Å²) in [5.74, 6) is 0.315. The van der Waals surface area contributed by atoms with Gasteiger partial charge in [0.05, 0.1) is 4.90 Å². The smallest absolute Gasteiger partial charge is 0.207 e. The van der Waals surface area contributed by atoms with E-state index in [1.807, 2.05) is 39.8 Å². The van der Waals surface area contributed by atoms with Gasteiger partial charge < -0.3 is 0 Å². The number of hydrogen-bond acceptors (Lipinski definition) is 2. The Balaban J connectivity index is 3.26. The van der Waals surface area contributed by atoms with E-state index in [4.69, 9.17) is 11.6 Å². The van der Waals surface area contributed by atoms with E-state index in [2.05, 4.69) is 0 Å². The van der Waals surface area contributed by atoms with Crippen molar-refractivity contribution < 1.29 is 8.42 Å². The number of alkyl halides is 1. The molecule has 5 heteroatoms. The van der Waals surface area contributed by atoms with Crippen molar-refractivity contribution in [3.05, 3.63) is 29.3 Å². The summed E-state index contributed by atoms with van der Waals surface area (Å²) in [6.45, 7) is 8.50. The minimum Gasteiger partial charge on any atom is -0.207 e. The van der Waals surface area contributed by atoms with Crippen molar-refractivity contribution >= 4 is 21.6 Å². The Labute approximate surface area is 128 Å². The Morgan fingerprint density at radius 1 is 1.25 bits per heavy atom. The fourth-order valence-corrected chi connectivity index (χ4v) is 4.04. The molecule has 0 spiro atoms. The van der Waals surface area contributed by atoms with Crippen molar-refractivity contribution in [1.82, 2.24) is 4.31 Å². The summed E-state index contributed by atoms with van der Waals surface area (Å²) in [4.78, 5) is 0.380. The molecule has 0 unspecified atom stereocenters. The first-order valence-corrected chi connectivity index (χ1v) is 8.73. The summed E-state index contributed by atoms with van der Waals surface area (Å²) in [5.41, 5.74) is 1.57. The van der Waals surface area contributed by atoms with Crippen molar-refractivity contribution in [2.75, 3.05) is 13.6 Å². The highest BCUT2D eigenvalue weighted by Crippen LogP contribution is 2.25. The lowest BCUT2D eigenvalue weighted by atomic mass is 9.97. The van der Waals surface area contributed by atoms with Gasteiger partial charge in [-0.3, -0.25) is 0 Å². The van der Waals surface area contributed by atoms with Gasteiger partial charge in [-0.15, -0.1) is 11.6 Å². The summed E-state index contributed by atoms with van der Waals surface area (Å²) in [6, 6.07) is 5.43. The van der Waals surface area contributed by atoms with Gasteiger partial charge in [-0.05, 0) is 29.0 Å². The molecule has 1 aromatic carbocycles. The molecule has 0 amide bonds. The number of nitrogens with zero attached hydrogens (tertiary/aromatic N) is 1. The molecule has 3 nitrogen and oxygen atoms in total. The van der Waals surface area contributed by atoms with Crippen LogP contribution in [0, 0.1) is 5.41 Å². The van der Waals surface area contributed by atoms with E-state index < -0.39 is 10.0 Å². The van der Waals surface area contributed by atoms with Gasteiger partial charge in [0.25, 0.3) is 0 Å². The van der Waals surface area contributed by atoms with Gasteiger partial charge in [-0.1, -0.05) is 39.8 Å². The lowest BCUT2D eigenvalue weighted by Gasteiger charge is -2.27. The van der Waals surface area contributed by atoms with Crippen LogP contribution in [0.4, 0.5) is 0 Å². The van der Waals surface area contributed by atoms with Crippen LogP contribution in [0.15, 0.2) is 23.1 Å². The molecule has 114 valence electrons. The fraction of sp³-hybridized carbons (Fsp3) is 0.600. The predicted molar refractivity (Wildman–Crippen MR) is 84.6 cm³/mol. The lowest BCUT2D eigenvalue weighted by Crippen LogP contribution is -2.35. The van der Waals surface area contributed by atoms with Crippen LogP contribution in [0.1, 0.15) is 38.8 Å². The average Bonchev–Trinajstić information content (AvgIpc) is 2.35. The van der Waals surface area contributed by atoms with Gasteiger partial charge in [-0.25, -0.2) is 12.7 Å². The molecular weight excluding hydrogens is 294 g/mol. The molecule has 0 atom stereocenters. The first-order chi connectivity index (χ1) is 9.11. The highest BCUT2D eigenvalue weighted by molar-refractivity contribution is 7.89. The highest BCUT2D eigenvalue weighted by Gasteiger charge is 2.27. The Bertz CT molecular complexity index is 562. The Morgan fingerprint density at radius 3 is 2.30 bits per heavy atom. The molecule has 0 saturated heterocycles. The molecular formula is C15H24ClNO2S. The molecule has 0 saturated carbocycles. The molecule has 1 rings (SSSR count). The Kier molecular flexibility index (Phi) is 5.64. The van der Waals surface area contributed by atoms with Crippen molar-refractivity contribution in [2.45, 2.75) is 44.9 Å². The Hall–Kier alpha value is -0.580. The quantitative estimate of drug-likeness (QED) is 0.777. The van der Waals surface area contributed by atoms with Gasteiger partial charge in [-0.2, -0.15) is 0 Å². The molecule has 0 aliphatic heterocycles. The molecule has 0 fully saturated rings. The lowest BCUT2D eigenvalue weighted by molar-refractivity contribution is 0.310. The zero-order chi connectivity index (χ0) is 15.6. The topological polar surface area (TPSA) is 37.4 Å². The largest absolute Gasteiger partial charge is 0.243 e. The first-order valence-electron chi connectivity index (χ1n) is 6.76. The second-order valence-electron chi connectivity index (χ2n) is 6.25. The molecule has 0 bridgehead atoms. The van der Waals surface area contributed by atoms with Gasteiger partial charge in [0.15, 0.2) is 0 Å². The fourth-order valence-electron chi connectivity index (χ4n) is 2.14. The number of sulfonamides is 1. The van der Waals surface area contributed by atoms with Gasteiger partial charge >= 0.3 is 0 Å². The van der Waals surface area contributed by atoms with Crippen LogP contribution in [0.25, 0.3) is 0 Å². The molecule has 0 radical (unpaired) electrons. The zero-order valence-electron chi connectivity index (χ0n) is 12.9. The molecule has 1 aromatic rings. The molecule has 0 N–H and O–H groups in total. The van der Waals surface area contributed by atoms with E-state index in [9.17, 15) is 8.42 Å². The van der Waals surface area contributed by atoms with Gasteiger partial charge in [0, 0.05) is 19.5 Å². The van der Waals surface area contributed by atoms with E-state index in [1.165, 1.54) is 4.31 Å². The normalized spacial score (nSPS) is 12.9. The van der Waals surface area contributed by atoms with Crippen molar-refractivity contribution in [1.29, 1.82) is 0 Å². The van der Waals surface area contributed by atoms with Crippen LogP contribution in [0.5, 0.6) is 0 Å². The second kappa shape index (κ2) is 6.46. The van der Waals surface area contributed by atoms with Crippen LogP contribution in [0.2, 0.25) is 0 Å². The van der Waals surface area contributed by atoms with Crippen molar-refractivity contribution in [3.63, 3.8) is 0 Å². The minimum absolute atomic E-state index is 0.0850. The summed E-state index contributed by atoms with van der Waals surface area (Å²) < 4.78 is 26.9. The van der Waals surface area contributed by atoms with Gasteiger partial charge in [0.1, 0.15) is 0 Å². The van der Waals surface area contributed by atoms with E-state index in [1.54, 1.807) is 13.1 Å². The summed E-state index contributed by atoms with van der Waals surface area (Å²) >= 11 is 5.82. The third kappa shape index (κ3) is 4.21. The monoisotopic (exact) mass is 317 g/mol. The van der Waals surface area contributed by atoms with Crippen LogP contribution in [-0.4, -0.2) is 26.3 Å². The number of halogens is 1. The number of aryl methyl sites for hydroxylation is 1. The maximum atomic E-state index is 12.7. The molecule has 0 aliphatic carbocycles. The van der Waals surface area contributed by atoms with Crippen LogP contribution < -0.4 is 0 Å². The number of hydrogen-bond donors (Lipinski definition) is 0. The third-order valence-corrected chi connectivity index (χ3v) is 5.25. The van der Waals surface area contributed by atoms with E-state index in [-0.39, 0.29) is 5.41 Å². The minimum atomic E-state index is -3.47. The second-order valence-corrected chi connectivity index (χ2v) is 8.53.